The summed E-state index contributed by atoms with van der Waals surface area (Å²) in [5, 5.41) is 3.26. The Morgan fingerprint density at radius 1 is 1.45 bits per heavy atom. The first-order chi connectivity index (χ1) is 10.1. The summed E-state index contributed by atoms with van der Waals surface area (Å²) in [7, 11) is 1.95. The zero-order chi connectivity index (χ0) is 15.2. The van der Waals surface area contributed by atoms with E-state index in [9.17, 15) is 9.18 Å². The number of nitrogens with zero attached hydrogens (tertiary/aromatic N) is 1. The predicted molar refractivity (Wildman–Crippen MR) is 92.2 cm³/mol. The number of piperidine rings is 1. The number of carbonyl (C=O) groups is 1. The first-order valence-electron chi connectivity index (χ1n) is 7.44. The minimum Gasteiger partial charge on any atom is -0.341 e. The number of rotatable bonds is 5. The van der Waals surface area contributed by atoms with Crippen LogP contribution < -0.4 is 5.32 Å². The van der Waals surface area contributed by atoms with Crippen molar-refractivity contribution in [2.45, 2.75) is 30.7 Å². The highest BCUT2D eigenvalue weighted by Gasteiger charge is 2.25. The van der Waals surface area contributed by atoms with Crippen molar-refractivity contribution in [2.24, 2.45) is 5.92 Å². The maximum absolute atomic E-state index is 12.9. The van der Waals surface area contributed by atoms with E-state index in [1.54, 1.807) is 23.9 Å². The molecule has 0 bridgehead atoms. The fraction of sp³-hybridized carbons (Fsp3) is 0.562. The van der Waals surface area contributed by atoms with Gasteiger partial charge in [0.2, 0.25) is 5.91 Å². The molecule has 22 heavy (non-hydrogen) atoms. The van der Waals surface area contributed by atoms with Gasteiger partial charge in [-0.25, -0.2) is 4.39 Å². The Labute approximate surface area is 142 Å². The Hall–Kier alpha value is -0.780. The Kier molecular flexibility index (Phi) is 8.21. The molecule has 2 atom stereocenters. The Morgan fingerprint density at radius 3 is 2.77 bits per heavy atom. The first kappa shape index (κ1) is 19.3. The van der Waals surface area contributed by atoms with Gasteiger partial charge in [-0.1, -0.05) is 6.92 Å². The molecule has 0 aromatic heterocycles. The second-order valence-corrected chi connectivity index (χ2v) is 6.67. The topological polar surface area (TPSA) is 32.3 Å². The molecule has 0 aliphatic carbocycles. The fourth-order valence-electron chi connectivity index (χ4n) is 2.55. The van der Waals surface area contributed by atoms with Crippen LogP contribution in [0.4, 0.5) is 4.39 Å². The van der Waals surface area contributed by atoms with Crippen LogP contribution in [0.15, 0.2) is 29.2 Å². The largest absolute Gasteiger partial charge is 0.341 e. The number of amides is 1. The number of likely N-dealkylation sites (N-methyl/N-ethyl adjacent to an activating group) is 1. The third-order valence-electron chi connectivity index (χ3n) is 3.88. The van der Waals surface area contributed by atoms with Crippen LogP contribution in [0.1, 0.15) is 19.8 Å². The van der Waals surface area contributed by atoms with E-state index in [0.29, 0.717) is 6.04 Å². The number of hydrogen-bond donors (Lipinski definition) is 1. The van der Waals surface area contributed by atoms with Crippen molar-refractivity contribution in [1.29, 1.82) is 0 Å². The van der Waals surface area contributed by atoms with Crippen molar-refractivity contribution in [3.8, 4) is 0 Å². The van der Waals surface area contributed by atoms with E-state index in [1.807, 2.05) is 18.9 Å². The monoisotopic (exact) mass is 346 g/mol. The van der Waals surface area contributed by atoms with Crippen molar-refractivity contribution < 1.29 is 9.18 Å². The van der Waals surface area contributed by atoms with Gasteiger partial charge in [-0.3, -0.25) is 4.79 Å². The molecule has 3 nitrogen and oxygen atoms in total. The molecule has 0 saturated carbocycles. The van der Waals surface area contributed by atoms with Crippen LogP contribution >= 0.6 is 24.2 Å². The molecule has 1 N–H and O–H groups in total. The molecule has 1 aliphatic heterocycles. The second-order valence-electron chi connectivity index (χ2n) is 5.58. The van der Waals surface area contributed by atoms with Gasteiger partial charge in [-0.05, 0) is 44.2 Å². The molecule has 2 rings (SSSR count). The van der Waals surface area contributed by atoms with Gasteiger partial charge in [0.15, 0.2) is 0 Å². The van der Waals surface area contributed by atoms with Crippen molar-refractivity contribution >= 4 is 30.1 Å². The minimum absolute atomic E-state index is 0. The Balaban J connectivity index is 0.00000242. The first-order valence-corrected chi connectivity index (χ1v) is 8.43. The second kappa shape index (κ2) is 9.38. The molecule has 1 saturated heterocycles. The van der Waals surface area contributed by atoms with Gasteiger partial charge in [0.25, 0.3) is 0 Å². The van der Waals surface area contributed by atoms with E-state index in [1.165, 1.54) is 12.1 Å². The van der Waals surface area contributed by atoms with Crippen LogP contribution in [0.2, 0.25) is 0 Å². The normalized spacial score (nSPS) is 19.4. The fourth-order valence-corrected chi connectivity index (χ4v) is 3.46. The predicted octanol–water partition coefficient (Wildman–Crippen LogP) is 3.19. The zero-order valence-electron chi connectivity index (χ0n) is 13.0. The van der Waals surface area contributed by atoms with Gasteiger partial charge in [-0.15, -0.1) is 24.2 Å². The third-order valence-corrected chi connectivity index (χ3v) is 5.15. The SMILES string of the molecule is CNC1CCCN(C(=O)C(C)CSc2ccc(F)cc2)C1.Cl. The summed E-state index contributed by atoms with van der Waals surface area (Å²) in [4.78, 5) is 15.4. The molecule has 1 aromatic rings. The summed E-state index contributed by atoms with van der Waals surface area (Å²) >= 11 is 1.61. The minimum atomic E-state index is -0.227. The molecule has 1 fully saturated rings. The summed E-state index contributed by atoms with van der Waals surface area (Å²) in [5.74, 6) is 0.709. The summed E-state index contributed by atoms with van der Waals surface area (Å²) in [6, 6.07) is 6.85. The molecule has 124 valence electrons. The van der Waals surface area contributed by atoms with E-state index >= 15 is 0 Å². The van der Waals surface area contributed by atoms with Crippen molar-refractivity contribution in [1.82, 2.24) is 10.2 Å². The smallest absolute Gasteiger partial charge is 0.226 e. The maximum atomic E-state index is 12.9. The lowest BCUT2D eigenvalue weighted by Gasteiger charge is -2.34. The van der Waals surface area contributed by atoms with Crippen LogP contribution in [0, 0.1) is 11.7 Å². The maximum Gasteiger partial charge on any atom is 0.226 e. The summed E-state index contributed by atoms with van der Waals surface area (Å²) in [6.07, 6.45) is 2.20. The summed E-state index contributed by atoms with van der Waals surface area (Å²) in [6.45, 7) is 3.64. The van der Waals surface area contributed by atoms with Crippen LogP contribution in [-0.4, -0.2) is 42.7 Å². The highest BCUT2D eigenvalue weighted by atomic mass is 35.5. The van der Waals surface area contributed by atoms with E-state index < -0.39 is 0 Å². The number of carbonyl (C=O) groups excluding carboxylic acids is 1. The molecule has 1 amide bonds. The average Bonchev–Trinajstić information content (AvgIpc) is 2.53. The number of hydrogen-bond acceptors (Lipinski definition) is 3. The highest BCUT2D eigenvalue weighted by Crippen LogP contribution is 2.22. The average molecular weight is 347 g/mol. The Bertz CT molecular complexity index is 472. The van der Waals surface area contributed by atoms with Crippen LogP contribution in [0.5, 0.6) is 0 Å². The zero-order valence-corrected chi connectivity index (χ0v) is 14.7. The summed E-state index contributed by atoms with van der Waals surface area (Å²) in [5.41, 5.74) is 0. The van der Waals surface area contributed by atoms with Crippen LogP contribution in [0.3, 0.4) is 0 Å². The summed E-state index contributed by atoms with van der Waals surface area (Å²) < 4.78 is 12.9. The lowest BCUT2D eigenvalue weighted by Crippen LogP contribution is -2.48. The number of halogens is 2. The molecular formula is C16H24ClFN2OS. The van der Waals surface area contributed by atoms with Gasteiger partial charge >= 0.3 is 0 Å². The van der Waals surface area contributed by atoms with Gasteiger partial charge in [-0.2, -0.15) is 0 Å². The molecule has 1 aromatic carbocycles. The lowest BCUT2D eigenvalue weighted by molar-refractivity contribution is -0.135. The van der Waals surface area contributed by atoms with Gasteiger partial charge in [0.1, 0.15) is 5.82 Å². The van der Waals surface area contributed by atoms with Crippen LogP contribution in [-0.2, 0) is 4.79 Å². The molecule has 1 heterocycles. The van der Waals surface area contributed by atoms with Crippen molar-refractivity contribution in [3.63, 3.8) is 0 Å². The molecule has 2 unspecified atom stereocenters. The standard InChI is InChI=1S/C16H23FN2OS.ClH/c1-12(11-21-15-7-5-13(17)6-8-15)16(20)19-9-3-4-14(10-19)18-2;/h5-8,12,14,18H,3-4,9-11H2,1-2H3;1H. The molecule has 0 spiro atoms. The van der Waals surface area contributed by atoms with Crippen molar-refractivity contribution in [3.05, 3.63) is 30.1 Å². The molecule has 6 heteroatoms. The van der Waals surface area contributed by atoms with E-state index in [2.05, 4.69) is 5.32 Å². The van der Waals surface area contributed by atoms with Gasteiger partial charge < -0.3 is 10.2 Å². The number of benzene rings is 1. The van der Waals surface area contributed by atoms with Gasteiger partial charge in [0, 0.05) is 35.7 Å². The Morgan fingerprint density at radius 2 is 2.14 bits per heavy atom. The quantitative estimate of drug-likeness (QED) is 0.831. The molecule has 1 aliphatic rings. The highest BCUT2D eigenvalue weighted by molar-refractivity contribution is 7.99. The van der Waals surface area contributed by atoms with Crippen molar-refractivity contribution in [2.75, 3.05) is 25.9 Å². The van der Waals surface area contributed by atoms with E-state index in [-0.39, 0.29) is 30.0 Å². The lowest BCUT2D eigenvalue weighted by atomic mass is 10.0. The van der Waals surface area contributed by atoms with Crippen LogP contribution in [0.25, 0.3) is 0 Å². The number of thioether (sulfide) groups is 1. The van der Waals surface area contributed by atoms with Gasteiger partial charge in [0.05, 0.1) is 0 Å². The third kappa shape index (κ3) is 5.45. The van der Waals surface area contributed by atoms with E-state index in [0.717, 1.165) is 36.6 Å². The number of nitrogens with one attached hydrogen (secondary N) is 1. The molecule has 0 radical (unpaired) electrons. The number of likely N-dealkylation sites (tertiary alicyclic amines) is 1. The van der Waals surface area contributed by atoms with E-state index in [4.69, 9.17) is 0 Å². The molecular weight excluding hydrogens is 323 g/mol.